The molecule has 0 N–H and O–H groups in total. The van der Waals surface area contributed by atoms with Crippen molar-refractivity contribution in [1.29, 1.82) is 0 Å². The van der Waals surface area contributed by atoms with Gasteiger partial charge in [-0.3, -0.25) is 10.1 Å². The molecule has 7 heteroatoms. The zero-order valence-electron chi connectivity index (χ0n) is 11.0. The zero-order chi connectivity index (χ0) is 14.7. The average Bonchev–Trinajstić information content (AvgIpc) is 2.88. The molecule has 2 rings (SSSR count). The molecule has 2 aromatic rings. The van der Waals surface area contributed by atoms with Crippen LogP contribution in [0.3, 0.4) is 0 Å². The van der Waals surface area contributed by atoms with Crippen LogP contribution >= 0.6 is 11.6 Å². The number of hydrogen-bond donors (Lipinski definition) is 0. The Hall–Kier alpha value is -2.08. The Morgan fingerprint density at radius 1 is 1.55 bits per heavy atom. The lowest BCUT2D eigenvalue weighted by atomic mass is 10.1. The maximum atomic E-state index is 11.1. The van der Waals surface area contributed by atoms with E-state index in [1.807, 2.05) is 0 Å². The summed E-state index contributed by atoms with van der Waals surface area (Å²) in [6.07, 6.45) is 1.48. The number of benzene rings is 1. The van der Waals surface area contributed by atoms with Gasteiger partial charge in [-0.05, 0) is 19.9 Å². The van der Waals surface area contributed by atoms with E-state index >= 15 is 0 Å². The summed E-state index contributed by atoms with van der Waals surface area (Å²) >= 11 is 5.89. The molecule has 1 heterocycles. The van der Waals surface area contributed by atoms with Gasteiger partial charge in [0.15, 0.2) is 5.76 Å². The first-order valence-corrected chi connectivity index (χ1v) is 6.48. The van der Waals surface area contributed by atoms with E-state index < -0.39 is 4.92 Å². The molecule has 0 fully saturated rings. The van der Waals surface area contributed by atoms with Crippen LogP contribution in [0.2, 0.25) is 0 Å². The zero-order valence-corrected chi connectivity index (χ0v) is 11.8. The molecule has 1 atom stereocenters. The number of para-hydroxylation sites is 1. The number of nitro groups is 1. The highest BCUT2D eigenvalue weighted by molar-refractivity contribution is 6.20. The third-order valence-corrected chi connectivity index (χ3v) is 2.80. The SMILES string of the molecule is CCOc1c(-c2cnc(C(C)Cl)o2)cccc1[N+](=O)[O-]. The molecule has 0 amide bonds. The van der Waals surface area contributed by atoms with E-state index in [1.54, 1.807) is 26.0 Å². The number of ether oxygens (including phenoxy) is 1. The van der Waals surface area contributed by atoms with E-state index in [-0.39, 0.29) is 16.8 Å². The highest BCUT2D eigenvalue weighted by Crippen LogP contribution is 2.38. The number of alkyl halides is 1. The van der Waals surface area contributed by atoms with Gasteiger partial charge >= 0.3 is 5.69 Å². The quantitative estimate of drug-likeness (QED) is 0.474. The Bertz CT molecular complexity index is 625. The monoisotopic (exact) mass is 296 g/mol. The first-order chi connectivity index (χ1) is 9.54. The minimum absolute atomic E-state index is 0.110. The van der Waals surface area contributed by atoms with Crippen LogP contribution in [0, 0.1) is 10.1 Å². The largest absolute Gasteiger partial charge is 0.487 e. The van der Waals surface area contributed by atoms with Gasteiger partial charge in [-0.25, -0.2) is 4.98 Å². The van der Waals surface area contributed by atoms with Gasteiger partial charge in [0.25, 0.3) is 0 Å². The highest BCUT2D eigenvalue weighted by atomic mass is 35.5. The third-order valence-electron chi connectivity index (χ3n) is 2.61. The van der Waals surface area contributed by atoms with Gasteiger partial charge in [0.05, 0.1) is 23.3 Å². The van der Waals surface area contributed by atoms with Crippen molar-refractivity contribution in [1.82, 2.24) is 4.98 Å². The molecule has 0 aliphatic heterocycles. The van der Waals surface area contributed by atoms with Gasteiger partial charge in [-0.1, -0.05) is 6.07 Å². The molecule has 0 aliphatic rings. The second-order valence-electron chi connectivity index (χ2n) is 4.02. The van der Waals surface area contributed by atoms with E-state index in [2.05, 4.69) is 4.98 Å². The summed E-state index contributed by atoms with van der Waals surface area (Å²) in [5, 5.41) is 10.7. The van der Waals surface area contributed by atoms with Crippen LogP contribution in [-0.2, 0) is 0 Å². The number of hydrogen-bond acceptors (Lipinski definition) is 5. The van der Waals surface area contributed by atoms with E-state index in [9.17, 15) is 10.1 Å². The predicted octanol–water partition coefficient (Wildman–Crippen LogP) is 3.95. The van der Waals surface area contributed by atoms with Crippen LogP contribution in [0.1, 0.15) is 25.1 Å². The molecular formula is C13H13ClN2O4. The molecule has 0 spiro atoms. The van der Waals surface area contributed by atoms with Gasteiger partial charge < -0.3 is 9.15 Å². The van der Waals surface area contributed by atoms with Gasteiger partial charge in [0.2, 0.25) is 11.6 Å². The second kappa shape index (κ2) is 5.92. The number of nitrogens with zero attached hydrogens (tertiary/aromatic N) is 2. The smallest absolute Gasteiger partial charge is 0.311 e. The van der Waals surface area contributed by atoms with Crippen LogP contribution in [0.5, 0.6) is 5.75 Å². The lowest BCUT2D eigenvalue weighted by Crippen LogP contribution is -1.99. The second-order valence-corrected chi connectivity index (χ2v) is 4.68. The Morgan fingerprint density at radius 2 is 2.30 bits per heavy atom. The molecule has 106 valence electrons. The van der Waals surface area contributed by atoms with Gasteiger partial charge in [-0.2, -0.15) is 0 Å². The van der Waals surface area contributed by atoms with Gasteiger partial charge in [0, 0.05) is 6.07 Å². The van der Waals surface area contributed by atoms with Crippen molar-refractivity contribution >= 4 is 17.3 Å². The average molecular weight is 297 g/mol. The molecule has 0 bridgehead atoms. The van der Waals surface area contributed by atoms with E-state index in [4.69, 9.17) is 20.8 Å². The van der Waals surface area contributed by atoms with Crippen LogP contribution in [0.4, 0.5) is 5.69 Å². The highest BCUT2D eigenvalue weighted by Gasteiger charge is 2.22. The van der Waals surface area contributed by atoms with Crippen molar-refractivity contribution in [3.8, 4) is 17.1 Å². The maximum Gasteiger partial charge on any atom is 0.311 e. The van der Waals surface area contributed by atoms with Crippen LogP contribution in [0.15, 0.2) is 28.8 Å². The lowest BCUT2D eigenvalue weighted by Gasteiger charge is -2.08. The maximum absolute atomic E-state index is 11.1. The third kappa shape index (κ3) is 2.75. The molecule has 0 saturated heterocycles. The number of aromatic nitrogens is 1. The lowest BCUT2D eigenvalue weighted by molar-refractivity contribution is -0.385. The first-order valence-electron chi connectivity index (χ1n) is 6.05. The van der Waals surface area contributed by atoms with Crippen LogP contribution < -0.4 is 4.74 Å². The molecule has 0 saturated carbocycles. The van der Waals surface area contributed by atoms with Crippen LogP contribution in [0.25, 0.3) is 11.3 Å². The standard InChI is InChI=1S/C13H13ClN2O4/c1-3-19-12-9(5-4-6-10(12)16(17)18)11-7-15-13(20-11)8(2)14/h4-8H,3H2,1-2H3. The number of halogens is 1. The first kappa shape index (κ1) is 14.3. The van der Waals surface area contributed by atoms with Crippen molar-refractivity contribution < 1.29 is 14.1 Å². The molecule has 1 aromatic carbocycles. The number of oxazole rings is 1. The predicted molar refractivity (Wildman–Crippen MR) is 74.0 cm³/mol. The number of rotatable bonds is 5. The molecule has 0 aliphatic carbocycles. The number of nitro benzene ring substituents is 1. The van der Waals surface area contributed by atoms with Gasteiger partial charge in [-0.15, -0.1) is 11.6 Å². The van der Waals surface area contributed by atoms with Crippen molar-refractivity contribution in [2.45, 2.75) is 19.2 Å². The molecular weight excluding hydrogens is 284 g/mol. The molecule has 1 unspecified atom stereocenters. The minimum Gasteiger partial charge on any atom is -0.487 e. The summed E-state index contributed by atoms with van der Waals surface area (Å²) in [6, 6.07) is 4.64. The fourth-order valence-electron chi connectivity index (χ4n) is 1.75. The summed E-state index contributed by atoms with van der Waals surface area (Å²) in [5.41, 5.74) is 0.373. The molecule has 0 radical (unpaired) electrons. The van der Waals surface area contributed by atoms with Crippen LogP contribution in [-0.4, -0.2) is 16.5 Å². The van der Waals surface area contributed by atoms with Crippen molar-refractivity contribution in [3.63, 3.8) is 0 Å². The topological polar surface area (TPSA) is 78.4 Å². The van der Waals surface area contributed by atoms with Crippen molar-refractivity contribution in [2.75, 3.05) is 6.61 Å². The summed E-state index contributed by atoms with van der Waals surface area (Å²) in [5.74, 6) is 0.917. The van der Waals surface area contributed by atoms with E-state index in [0.717, 1.165) is 0 Å². The fourth-order valence-corrected chi connectivity index (χ4v) is 1.86. The Morgan fingerprint density at radius 3 is 2.85 bits per heavy atom. The normalized spacial score (nSPS) is 12.2. The van der Waals surface area contributed by atoms with E-state index in [1.165, 1.54) is 12.3 Å². The summed E-state index contributed by atoms with van der Waals surface area (Å²) in [4.78, 5) is 14.6. The minimum atomic E-state index is -0.490. The van der Waals surface area contributed by atoms with Gasteiger partial charge in [0.1, 0.15) is 5.38 Å². The Kier molecular flexibility index (Phi) is 4.24. The summed E-state index contributed by atoms with van der Waals surface area (Å²) in [6.45, 7) is 3.80. The summed E-state index contributed by atoms with van der Waals surface area (Å²) in [7, 11) is 0. The molecule has 20 heavy (non-hydrogen) atoms. The summed E-state index contributed by atoms with van der Waals surface area (Å²) < 4.78 is 10.9. The van der Waals surface area contributed by atoms with Crippen molar-refractivity contribution in [3.05, 3.63) is 40.4 Å². The Labute approximate surface area is 120 Å². The molecule has 1 aromatic heterocycles. The Balaban J connectivity index is 2.54. The van der Waals surface area contributed by atoms with Crippen molar-refractivity contribution in [2.24, 2.45) is 0 Å². The fraction of sp³-hybridized carbons (Fsp3) is 0.308. The molecule has 6 nitrogen and oxygen atoms in total. The van der Waals surface area contributed by atoms with E-state index in [0.29, 0.717) is 23.8 Å².